The Bertz CT molecular complexity index is 400. The Balaban J connectivity index is 0.00000180. The maximum absolute atomic E-state index is 5.98. The molecule has 0 spiro atoms. The van der Waals surface area contributed by atoms with Crippen molar-refractivity contribution in [3.63, 3.8) is 0 Å². The smallest absolute Gasteiger partial charge is 0.122 e. The SMILES string of the molecule is Cc1cc(C)c(C)c(OCCC2CCNCC2)c1.Cl. The number of hydrogen-bond donors (Lipinski definition) is 1. The van der Waals surface area contributed by atoms with Crippen LogP contribution in [0, 0.1) is 26.7 Å². The lowest BCUT2D eigenvalue weighted by Gasteiger charge is -2.22. The summed E-state index contributed by atoms with van der Waals surface area (Å²) in [5, 5.41) is 3.41. The molecule has 0 radical (unpaired) electrons. The molecule has 108 valence electrons. The molecular weight excluding hydrogens is 258 g/mol. The van der Waals surface area contributed by atoms with Crippen molar-refractivity contribution < 1.29 is 4.74 Å². The van der Waals surface area contributed by atoms with Crippen LogP contribution in [-0.2, 0) is 0 Å². The van der Waals surface area contributed by atoms with E-state index in [1.807, 2.05) is 0 Å². The minimum atomic E-state index is 0. The number of piperidine rings is 1. The third-order valence-corrected chi connectivity index (χ3v) is 4.01. The lowest BCUT2D eigenvalue weighted by Crippen LogP contribution is -2.28. The van der Waals surface area contributed by atoms with Crippen LogP contribution >= 0.6 is 12.4 Å². The van der Waals surface area contributed by atoms with Crippen molar-refractivity contribution in [3.8, 4) is 5.75 Å². The second-order valence-corrected chi connectivity index (χ2v) is 5.54. The molecular formula is C16H26ClNO. The molecule has 1 saturated heterocycles. The summed E-state index contributed by atoms with van der Waals surface area (Å²) < 4.78 is 5.98. The fourth-order valence-corrected chi connectivity index (χ4v) is 2.66. The highest BCUT2D eigenvalue weighted by Gasteiger charge is 2.13. The predicted octanol–water partition coefficient (Wildman–Crippen LogP) is 3.80. The van der Waals surface area contributed by atoms with Crippen molar-refractivity contribution >= 4 is 12.4 Å². The van der Waals surface area contributed by atoms with Crippen molar-refractivity contribution in [1.29, 1.82) is 0 Å². The van der Waals surface area contributed by atoms with Crippen LogP contribution in [0.25, 0.3) is 0 Å². The van der Waals surface area contributed by atoms with Gasteiger partial charge in [-0.3, -0.25) is 0 Å². The topological polar surface area (TPSA) is 21.3 Å². The van der Waals surface area contributed by atoms with Crippen molar-refractivity contribution in [2.45, 2.75) is 40.0 Å². The van der Waals surface area contributed by atoms with Gasteiger partial charge in [-0.25, -0.2) is 0 Å². The number of hydrogen-bond acceptors (Lipinski definition) is 2. The molecule has 3 heteroatoms. The largest absolute Gasteiger partial charge is 0.493 e. The van der Waals surface area contributed by atoms with Gasteiger partial charge in [-0.05, 0) is 81.8 Å². The molecule has 0 bridgehead atoms. The summed E-state index contributed by atoms with van der Waals surface area (Å²) in [6.07, 6.45) is 3.79. The predicted molar refractivity (Wildman–Crippen MR) is 83.6 cm³/mol. The quantitative estimate of drug-likeness (QED) is 0.907. The lowest BCUT2D eigenvalue weighted by molar-refractivity contribution is 0.250. The Morgan fingerprint density at radius 2 is 1.84 bits per heavy atom. The highest BCUT2D eigenvalue weighted by molar-refractivity contribution is 5.85. The number of benzene rings is 1. The minimum absolute atomic E-state index is 0. The van der Waals surface area contributed by atoms with Crippen LogP contribution in [-0.4, -0.2) is 19.7 Å². The zero-order valence-electron chi connectivity index (χ0n) is 12.3. The summed E-state index contributed by atoms with van der Waals surface area (Å²) >= 11 is 0. The molecule has 0 saturated carbocycles. The second-order valence-electron chi connectivity index (χ2n) is 5.54. The molecule has 19 heavy (non-hydrogen) atoms. The molecule has 2 nitrogen and oxygen atoms in total. The van der Waals surface area contributed by atoms with E-state index in [-0.39, 0.29) is 12.4 Å². The first-order valence-electron chi connectivity index (χ1n) is 7.08. The third-order valence-electron chi connectivity index (χ3n) is 4.01. The van der Waals surface area contributed by atoms with E-state index in [1.54, 1.807) is 0 Å². The Labute approximate surface area is 123 Å². The van der Waals surface area contributed by atoms with E-state index >= 15 is 0 Å². The lowest BCUT2D eigenvalue weighted by atomic mass is 9.95. The van der Waals surface area contributed by atoms with Crippen LogP contribution in [0.5, 0.6) is 5.75 Å². The molecule has 2 rings (SSSR count). The van der Waals surface area contributed by atoms with Gasteiger partial charge in [0.1, 0.15) is 5.75 Å². The average Bonchev–Trinajstić information content (AvgIpc) is 2.36. The van der Waals surface area contributed by atoms with Gasteiger partial charge in [0.05, 0.1) is 6.61 Å². The van der Waals surface area contributed by atoms with Crippen LogP contribution in [0.3, 0.4) is 0 Å². The first-order chi connectivity index (χ1) is 8.66. The van der Waals surface area contributed by atoms with Gasteiger partial charge in [0.15, 0.2) is 0 Å². The summed E-state index contributed by atoms with van der Waals surface area (Å²) in [5.74, 6) is 1.92. The Hall–Kier alpha value is -0.730. The number of halogens is 1. The minimum Gasteiger partial charge on any atom is -0.493 e. The molecule has 1 aromatic rings. The molecule has 1 aromatic carbocycles. The molecule has 0 amide bonds. The van der Waals surface area contributed by atoms with Crippen LogP contribution in [0.4, 0.5) is 0 Å². The number of rotatable bonds is 4. The van der Waals surface area contributed by atoms with E-state index < -0.39 is 0 Å². The highest BCUT2D eigenvalue weighted by Crippen LogP contribution is 2.24. The van der Waals surface area contributed by atoms with Gasteiger partial charge >= 0.3 is 0 Å². The molecule has 1 N–H and O–H groups in total. The van der Waals surface area contributed by atoms with E-state index in [0.29, 0.717) is 0 Å². The first-order valence-corrected chi connectivity index (χ1v) is 7.08. The van der Waals surface area contributed by atoms with Gasteiger partial charge in [0, 0.05) is 0 Å². The van der Waals surface area contributed by atoms with Gasteiger partial charge in [-0.1, -0.05) is 6.07 Å². The summed E-state index contributed by atoms with van der Waals surface area (Å²) in [5.41, 5.74) is 3.90. The fourth-order valence-electron chi connectivity index (χ4n) is 2.66. The summed E-state index contributed by atoms with van der Waals surface area (Å²) in [6, 6.07) is 4.37. The average molecular weight is 284 g/mol. The molecule has 1 aliphatic rings. The van der Waals surface area contributed by atoms with Gasteiger partial charge in [0.2, 0.25) is 0 Å². The second kappa shape index (κ2) is 7.76. The number of ether oxygens (including phenoxy) is 1. The molecule has 0 aromatic heterocycles. The van der Waals surface area contributed by atoms with E-state index in [1.165, 1.54) is 49.0 Å². The van der Waals surface area contributed by atoms with Crippen molar-refractivity contribution in [3.05, 3.63) is 28.8 Å². The van der Waals surface area contributed by atoms with Gasteiger partial charge in [-0.15, -0.1) is 12.4 Å². The first kappa shape index (κ1) is 16.3. The van der Waals surface area contributed by atoms with Crippen LogP contribution in [0.15, 0.2) is 12.1 Å². The monoisotopic (exact) mass is 283 g/mol. The number of aryl methyl sites for hydroxylation is 2. The molecule has 1 fully saturated rings. The van der Waals surface area contributed by atoms with Crippen molar-refractivity contribution in [2.24, 2.45) is 5.92 Å². The third kappa shape index (κ3) is 4.70. The molecule has 1 heterocycles. The van der Waals surface area contributed by atoms with Crippen LogP contribution < -0.4 is 10.1 Å². The van der Waals surface area contributed by atoms with Gasteiger partial charge < -0.3 is 10.1 Å². The van der Waals surface area contributed by atoms with E-state index in [2.05, 4.69) is 38.2 Å². The normalized spacial score (nSPS) is 15.9. The summed E-state index contributed by atoms with van der Waals surface area (Å²) in [7, 11) is 0. The van der Waals surface area contributed by atoms with E-state index in [9.17, 15) is 0 Å². The van der Waals surface area contributed by atoms with E-state index in [4.69, 9.17) is 4.74 Å². The van der Waals surface area contributed by atoms with Crippen LogP contribution in [0.1, 0.15) is 36.0 Å². The standard InChI is InChI=1S/C16H25NO.ClH/c1-12-10-13(2)14(3)16(11-12)18-9-6-15-4-7-17-8-5-15;/h10-11,15,17H,4-9H2,1-3H3;1H. The maximum Gasteiger partial charge on any atom is 0.122 e. The molecule has 0 atom stereocenters. The van der Waals surface area contributed by atoms with Crippen molar-refractivity contribution in [1.82, 2.24) is 5.32 Å². The molecule has 1 aliphatic heterocycles. The summed E-state index contributed by atoms with van der Waals surface area (Å²) in [4.78, 5) is 0. The van der Waals surface area contributed by atoms with Crippen molar-refractivity contribution in [2.75, 3.05) is 19.7 Å². The van der Waals surface area contributed by atoms with E-state index in [0.717, 1.165) is 18.3 Å². The molecule has 0 aliphatic carbocycles. The fraction of sp³-hybridized carbons (Fsp3) is 0.625. The van der Waals surface area contributed by atoms with Crippen LogP contribution in [0.2, 0.25) is 0 Å². The zero-order valence-corrected chi connectivity index (χ0v) is 13.1. The Morgan fingerprint density at radius 1 is 1.16 bits per heavy atom. The Morgan fingerprint density at radius 3 is 2.53 bits per heavy atom. The highest BCUT2D eigenvalue weighted by atomic mass is 35.5. The maximum atomic E-state index is 5.98. The van der Waals surface area contributed by atoms with Gasteiger partial charge in [-0.2, -0.15) is 0 Å². The zero-order chi connectivity index (χ0) is 13.0. The number of nitrogens with one attached hydrogen (secondary N) is 1. The van der Waals surface area contributed by atoms with Gasteiger partial charge in [0.25, 0.3) is 0 Å². The summed E-state index contributed by atoms with van der Waals surface area (Å²) in [6.45, 7) is 9.64. The Kier molecular flexibility index (Phi) is 6.67. The molecule has 0 unspecified atom stereocenters.